The van der Waals surface area contributed by atoms with Crippen LogP contribution in [-0.4, -0.2) is 6.04 Å². The van der Waals surface area contributed by atoms with Gasteiger partial charge in [-0.25, -0.2) is 4.39 Å². The van der Waals surface area contributed by atoms with Gasteiger partial charge in [-0.15, -0.1) is 0 Å². The summed E-state index contributed by atoms with van der Waals surface area (Å²) in [4.78, 5) is 0. The molecule has 0 aromatic heterocycles. The van der Waals surface area contributed by atoms with E-state index in [-0.39, 0.29) is 5.82 Å². The smallest absolute Gasteiger partial charge is 0.126 e. The molecule has 20 heavy (non-hydrogen) atoms. The van der Waals surface area contributed by atoms with Gasteiger partial charge in [0.2, 0.25) is 0 Å². The van der Waals surface area contributed by atoms with E-state index in [9.17, 15) is 4.39 Å². The van der Waals surface area contributed by atoms with Gasteiger partial charge in [-0.2, -0.15) is 0 Å². The van der Waals surface area contributed by atoms with E-state index in [1.807, 2.05) is 12.1 Å². The molecule has 2 aromatic carbocycles. The van der Waals surface area contributed by atoms with Crippen molar-refractivity contribution in [2.75, 3.05) is 0 Å². The molecule has 1 saturated carbocycles. The van der Waals surface area contributed by atoms with Gasteiger partial charge in [-0.05, 0) is 42.9 Å². The Bertz CT molecular complexity index is 570. The molecule has 0 atom stereocenters. The average molecular weight is 269 g/mol. The molecular formula is C18H20FN. The molecular weight excluding hydrogens is 249 g/mol. The van der Waals surface area contributed by atoms with Crippen LogP contribution in [0.4, 0.5) is 4.39 Å². The van der Waals surface area contributed by atoms with Crippen molar-refractivity contribution in [2.24, 2.45) is 0 Å². The molecule has 0 aliphatic heterocycles. The van der Waals surface area contributed by atoms with E-state index in [1.54, 1.807) is 12.1 Å². The molecule has 1 aliphatic carbocycles. The Labute approximate surface area is 119 Å². The van der Waals surface area contributed by atoms with Crippen LogP contribution in [-0.2, 0) is 6.54 Å². The lowest BCUT2D eigenvalue weighted by atomic mass is 9.75. The van der Waals surface area contributed by atoms with Gasteiger partial charge in [0.25, 0.3) is 0 Å². The van der Waals surface area contributed by atoms with Gasteiger partial charge in [0.05, 0.1) is 0 Å². The van der Waals surface area contributed by atoms with E-state index >= 15 is 0 Å². The van der Waals surface area contributed by atoms with Crippen LogP contribution in [0.2, 0.25) is 0 Å². The topological polar surface area (TPSA) is 12.0 Å². The number of hydrogen-bond acceptors (Lipinski definition) is 1. The van der Waals surface area contributed by atoms with Crippen molar-refractivity contribution in [3.8, 4) is 0 Å². The number of aryl methyl sites for hydroxylation is 1. The normalized spacial score (nSPS) is 21.5. The van der Waals surface area contributed by atoms with E-state index in [1.165, 1.54) is 11.1 Å². The van der Waals surface area contributed by atoms with Crippen LogP contribution < -0.4 is 5.32 Å². The van der Waals surface area contributed by atoms with Crippen LogP contribution in [0.5, 0.6) is 0 Å². The first-order chi connectivity index (χ1) is 9.72. The minimum absolute atomic E-state index is 0.0607. The second-order valence-corrected chi connectivity index (χ2v) is 5.75. The summed E-state index contributed by atoms with van der Waals surface area (Å²) >= 11 is 0. The Kier molecular flexibility index (Phi) is 3.83. The minimum atomic E-state index is -0.0607. The quantitative estimate of drug-likeness (QED) is 0.878. The van der Waals surface area contributed by atoms with Crippen molar-refractivity contribution in [2.45, 2.75) is 38.3 Å². The zero-order chi connectivity index (χ0) is 13.9. The highest BCUT2D eigenvalue weighted by molar-refractivity contribution is 5.25. The van der Waals surface area contributed by atoms with Gasteiger partial charge < -0.3 is 5.32 Å². The Morgan fingerprint density at radius 1 is 1.05 bits per heavy atom. The lowest BCUT2D eigenvalue weighted by Crippen LogP contribution is -2.39. The highest BCUT2D eigenvalue weighted by Crippen LogP contribution is 2.38. The fourth-order valence-electron chi connectivity index (χ4n) is 2.81. The Balaban J connectivity index is 1.49. The lowest BCUT2D eigenvalue weighted by Gasteiger charge is -2.36. The molecule has 3 rings (SSSR count). The first-order valence-corrected chi connectivity index (χ1v) is 7.26. The van der Waals surface area contributed by atoms with Crippen molar-refractivity contribution in [1.82, 2.24) is 5.32 Å². The number of hydrogen-bond donors (Lipinski definition) is 1. The highest BCUT2D eigenvalue weighted by atomic mass is 19.1. The molecule has 0 heterocycles. The van der Waals surface area contributed by atoms with E-state index in [0.29, 0.717) is 12.0 Å². The van der Waals surface area contributed by atoms with Crippen molar-refractivity contribution in [3.05, 3.63) is 71.0 Å². The van der Waals surface area contributed by atoms with Gasteiger partial charge in [0.15, 0.2) is 0 Å². The maximum absolute atomic E-state index is 13.7. The standard InChI is InChI=1S/C18H20FN/c1-13-6-8-14(9-7-13)12-20-16-10-15(11-16)17-4-2-3-5-18(17)19/h2-9,15-16,20H,10-12H2,1H3. The van der Waals surface area contributed by atoms with Crippen LogP contribution in [0.1, 0.15) is 35.4 Å². The van der Waals surface area contributed by atoms with Crippen molar-refractivity contribution in [1.29, 1.82) is 0 Å². The van der Waals surface area contributed by atoms with Crippen LogP contribution in [0.25, 0.3) is 0 Å². The van der Waals surface area contributed by atoms with Crippen molar-refractivity contribution >= 4 is 0 Å². The van der Waals surface area contributed by atoms with Gasteiger partial charge in [-0.3, -0.25) is 0 Å². The largest absolute Gasteiger partial charge is 0.310 e. The van der Waals surface area contributed by atoms with Gasteiger partial charge in [0, 0.05) is 12.6 Å². The Morgan fingerprint density at radius 2 is 1.75 bits per heavy atom. The van der Waals surface area contributed by atoms with Crippen LogP contribution in [0, 0.1) is 12.7 Å². The van der Waals surface area contributed by atoms with E-state index in [0.717, 1.165) is 24.9 Å². The molecule has 1 fully saturated rings. The number of rotatable bonds is 4. The second kappa shape index (κ2) is 5.76. The highest BCUT2D eigenvalue weighted by Gasteiger charge is 2.31. The number of halogens is 1. The summed E-state index contributed by atoms with van der Waals surface area (Å²) in [6.45, 7) is 3.00. The zero-order valence-corrected chi connectivity index (χ0v) is 11.8. The lowest BCUT2D eigenvalue weighted by molar-refractivity contribution is 0.284. The van der Waals surface area contributed by atoms with Gasteiger partial charge >= 0.3 is 0 Å². The van der Waals surface area contributed by atoms with Crippen molar-refractivity contribution in [3.63, 3.8) is 0 Å². The Morgan fingerprint density at radius 3 is 2.45 bits per heavy atom. The summed E-state index contributed by atoms with van der Waals surface area (Å²) in [5.41, 5.74) is 3.47. The molecule has 0 radical (unpaired) electrons. The maximum atomic E-state index is 13.7. The first kappa shape index (κ1) is 13.3. The SMILES string of the molecule is Cc1ccc(CNC2CC(c3ccccc3F)C2)cc1. The third-order valence-corrected chi connectivity index (χ3v) is 4.20. The van der Waals surface area contributed by atoms with Gasteiger partial charge in [-0.1, -0.05) is 48.0 Å². The van der Waals surface area contributed by atoms with Crippen LogP contribution in [0.3, 0.4) is 0 Å². The fraction of sp³-hybridized carbons (Fsp3) is 0.333. The van der Waals surface area contributed by atoms with E-state index < -0.39 is 0 Å². The second-order valence-electron chi connectivity index (χ2n) is 5.75. The van der Waals surface area contributed by atoms with E-state index in [4.69, 9.17) is 0 Å². The fourth-order valence-corrected chi connectivity index (χ4v) is 2.81. The maximum Gasteiger partial charge on any atom is 0.126 e. The summed E-state index contributed by atoms with van der Waals surface area (Å²) in [6.07, 6.45) is 2.07. The first-order valence-electron chi connectivity index (χ1n) is 7.26. The molecule has 2 heteroatoms. The van der Waals surface area contributed by atoms with Crippen LogP contribution in [0.15, 0.2) is 48.5 Å². The van der Waals surface area contributed by atoms with Crippen molar-refractivity contribution < 1.29 is 4.39 Å². The molecule has 104 valence electrons. The number of nitrogens with one attached hydrogen (secondary N) is 1. The minimum Gasteiger partial charge on any atom is -0.310 e. The molecule has 0 bridgehead atoms. The van der Waals surface area contributed by atoms with E-state index in [2.05, 4.69) is 36.5 Å². The monoisotopic (exact) mass is 269 g/mol. The third-order valence-electron chi connectivity index (χ3n) is 4.20. The van der Waals surface area contributed by atoms with Gasteiger partial charge in [0.1, 0.15) is 5.82 Å². The molecule has 0 amide bonds. The molecule has 0 saturated heterocycles. The Hall–Kier alpha value is -1.67. The predicted octanol–water partition coefficient (Wildman–Crippen LogP) is 4.17. The number of benzene rings is 2. The molecule has 0 spiro atoms. The summed E-state index contributed by atoms with van der Waals surface area (Å²) in [5.74, 6) is 0.321. The molecule has 1 nitrogen and oxygen atoms in total. The predicted molar refractivity (Wildman–Crippen MR) is 80.2 cm³/mol. The summed E-state index contributed by atoms with van der Waals surface area (Å²) in [5, 5.41) is 3.55. The zero-order valence-electron chi connectivity index (χ0n) is 11.8. The summed E-state index contributed by atoms with van der Waals surface area (Å²) in [7, 11) is 0. The molecule has 1 N–H and O–H groups in total. The third kappa shape index (κ3) is 2.91. The summed E-state index contributed by atoms with van der Waals surface area (Å²) < 4.78 is 13.7. The molecule has 1 aliphatic rings. The molecule has 0 unspecified atom stereocenters. The average Bonchev–Trinajstić information content (AvgIpc) is 2.41. The summed E-state index contributed by atoms with van der Waals surface area (Å²) in [6, 6.07) is 16.3. The van der Waals surface area contributed by atoms with Crippen LogP contribution >= 0.6 is 0 Å². The molecule has 2 aromatic rings.